The molecule has 0 saturated heterocycles. The van der Waals surface area contributed by atoms with Crippen molar-refractivity contribution in [1.82, 2.24) is 0 Å². The quantitative estimate of drug-likeness (QED) is 0.275. The zero-order chi connectivity index (χ0) is 26.6. The number of rotatable bonds is 13. The van der Waals surface area contributed by atoms with Crippen molar-refractivity contribution in [2.75, 3.05) is 7.11 Å². The fraction of sp³-hybridized carbons (Fsp3) is 0.818. The van der Waals surface area contributed by atoms with Crippen molar-refractivity contribution >= 4 is 0 Å². The van der Waals surface area contributed by atoms with E-state index in [9.17, 15) is 0 Å². The van der Waals surface area contributed by atoms with Crippen LogP contribution in [0.2, 0.25) is 0 Å². The van der Waals surface area contributed by atoms with E-state index in [4.69, 9.17) is 9.47 Å². The van der Waals surface area contributed by atoms with Gasteiger partial charge in [-0.2, -0.15) is 0 Å². The Balaban J connectivity index is 0.00000194. The molecule has 0 spiro atoms. The summed E-state index contributed by atoms with van der Waals surface area (Å²) in [5.41, 5.74) is 5.07. The van der Waals surface area contributed by atoms with E-state index < -0.39 is 0 Å². The topological polar surface area (TPSA) is 18.5 Å². The first-order valence-corrected chi connectivity index (χ1v) is 14.8. The van der Waals surface area contributed by atoms with Crippen molar-refractivity contribution in [2.24, 2.45) is 17.8 Å². The Labute approximate surface area is 220 Å². The number of hydrogen-bond acceptors (Lipinski definition) is 2. The molecular formula is C33H60O2. The average molecular weight is 489 g/mol. The first kappa shape index (κ1) is 31.8. The van der Waals surface area contributed by atoms with E-state index in [2.05, 4.69) is 69.2 Å². The normalized spacial score (nSPS) is 18.9. The molecule has 3 atom stereocenters. The first-order valence-electron chi connectivity index (χ1n) is 14.8. The van der Waals surface area contributed by atoms with Crippen LogP contribution in [0.3, 0.4) is 0 Å². The minimum atomic E-state index is -0.0319. The molecule has 1 aliphatic heterocycles. The highest BCUT2D eigenvalue weighted by atomic mass is 16.5. The van der Waals surface area contributed by atoms with Crippen molar-refractivity contribution in [3.63, 3.8) is 0 Å². The van der Waals surface area contributed by atoms with E-state index in [0.29, 0.717) is 0 Å². The van der Waals surface area contributed by atoms with Gasteiger partial charge in [-0.3, -0.25) is 0 Å². The molecule has 0 amide bonds. The van der Waals surface area contributed by atoms with E-state index in [1.165, 1.54) is 80.0 Å². The summed E-state index contributed by atoms with van der Waals surface area (Å²) in [6.45, 7) is 22.7. The van der Waals surface area contributed by atoms with Gasteiger partial charge in [-0.15, -0.1) is 0 Å². The van der Waals surface area contributed by atoms with Crippen LogP contribution in [0.25, 0.3) is 0 Å². The van der Waals surface area contributed by atoms with E-state index >= 15 is 0 Å². The molecule has 0 N–H and O–H groups in total. The number of fused-ring (bicyclic) bond motifs is 1. The molecule has 2 rings (SSSR count). The van der Waals surface area contributed by atoms with Crippen LogP contribution in [0.5, 0.6) is 11.5 Å². The first-order chi connectivity index (χ1) is 16.5. The van der Waals surface area contributed by atoms with E-state index in [1.54, 1.807) is 7.11 Å². The summed E-state index contributed by atoms with van der Waals surface area (Å²) in [5, 5.41) is 0. The molecule has 2 nitrogen and oxygen atoms in total. The highest BCUT2D eigenvalue weighted by Crippen LogP contribution is 2.44. The molecule has 1 aromatic rings. The Bertz CT molecular complexity index is 735. The lowest BCUT2D eigenvalue weighted by molar-refractivity contribution is 0.0512. The Morgan fingerprint density at radius 2 is 1.31 bits per heavy atom. The average Bonchev–Trinajstić information content (AvgIpc) is 2.78. The lowest BCUT2D eigenvalue weighted by atomic mass is 9.83. The monoisotopic (exact) mass is 488 g/mol. The van der Waals surface area contributed by atoms with Crippen LogP contribution in [0.4, 0.5) is 0 Å². The molecule has 1 heterocycles. The molecule has 1 aromatic carbocycles. The van der Waals surface area contributed by atoms with Gasteiger partial charge in [-0.1, -0.05) is 92.9 Å². The van der Waals surface area contributed by atoms with Gasteiger partial charge < -0.3 is 9.47 Å². The lowest BCUT2D eigenvalue weighted by Gasteiger charge is -2.38. The van der Waals surface area contributed by atoms with Crippen LogP contribution in [0.1, 0.15) is 141 Å². The zero-order valence-corrected chi connectivity index (χ0v) is 25.5. The van der Waals surface area contributed by atoms with Crippen LogP contribution in [0.15, 0.2) is 0 Å². The Kier molecular flexibility index (Phi) is 14.4. The Morgan fingerprint density at radius 1 is 0.800 bits per heavy atom. The predicted molar refractivity (Wildman–Crippen MR) is 155 cm³/mol. The number of ether oxygens (including phenoxy) is 2. The largest absolute Gasteiger partial charge is 0.496 e. The summed E-state index contributed by atoms with van der Waals surface area (Å²) >= 11 is 0. The third-order valence-electron chi connectivity index (χ3n) is 8.04. The second kappa shape index (κ2) is 15.8. The fourth-order valence-corrected chi connectivity index (χ4v) is 5.57. The van der Waals surface area contributed by atoms with Gasteiger partial charge in [0.15, 0.2) is 0 Å². The summed E-state index contributed by atoms with van der Waals surface area (Å²) < 4.78 is 12.4. The van der Waals surface area contributed by atoms with Crippen molar-refractivity contribution < 1.29 is 9.47 Å². The lowest BCUT2D eigenvalue weighted by Crippen LogP contribution is -2.37. The molecule has 0 fully saturated rings. The standard InChI is InChI=1S/C30H52O2.C3H8/c1-21(2)13-10-14-22(3)15-11-16-23(4)17-12-19-30(8)20-18-27-26(7)28(31-9)24(5)25(6)29(27)32-30;1-3-2/h21-23H,10-20H2,1-9H3;3H2,1-2H3/t22-,23-,30-;/m1./s1. The van der Waals surface area contributed by atoms with Crippen LogP contribution in [-0.4, -0.2) is 12.7 Å². The van der Waals surface area contributed by atoms with Gasteiger partial charge in [0.2, 0.25) is 0 Å². The summed E-state index contributed by atoms with van der Waals surface area (Å²) in [6.07, 6.45) is 15.6. The van der Waals surface area contributed by atoms with Crippen LogP contribution in [0, 0.1) is 38.5 Å². The molecule has 35 heavy (non-hydrogen) atoms. The van der Waals surface area contributed by atoms with Crippen molar-refractivity contribution in [1.29, 1.82) is 0 Å². The van der Waals surface area contributed by atoms with Gasteiger partial charge >= 0.3 is 0 Å². The minimum Gasteiger partial charge on any atom is -0.496 e. The van der Waals surface area contributed by atoms with Gasteiger partial charge in [0.05, 0.1) is 7.11 Å². The van der Waals surface area contributed by atoms with Gasteiger partial charge in [0, 0.05) is 5.56 Å². The molecule has 0 radical (unpaired) electrons. The molecule has 204 valence electrons. The van der Waals surface area contributed by atoms with E-state index in [1.807, 2.05) is 0 Å². The van der Waals surface area contributed by atoms with Crippen LogP contribution in [-0.2, 0) is 6.42 Å². The summed E-state index contributed by atoms with van der Waals surface area (Å²) in [4.78, 5) is 0. The third-order valence-corrected chi connectivity index (χ3v) is 8.04. The van der Waals surface area contributed by atoms with Crippen molar-refractivity contribution in [2.45, 2.75) is 152 Å². The molecule has 2 heteroatoms. The number of hydrogen-bond donors (Lipinski definition) is 0. The number of methoxy groups -OCH3 is 1. The Hall–Kier alpha value is -1.18. The van der Waals surface area contributed by atoms with Crippen LogP contribution < -0.4 is 9.47 Å². The van der Waals surface area contributed by atoms with Gasteiger partial charge in [0.25, 0.3) is 0 Å². The van der Waals surface area contributed by atoms with Gasteiger partial charge in [-0.25, -0.2) is 0 Å². The molecular weight excluding hydrogens is 428 g/mol. The fourth-order valence-electron chi connectivity index (χ4n) is 5.57. The highest BCUT2D eigenvalue weighted by molar-refractivity contribution is 5.58. The number of benzene rings is 1. The SMILES string of the molecule is CCC.COc1c(C)c(C)c2c(c1C)CC[C@@](C)(CCC[C@H](C)CCC[C@H](C)CCCC(C)C)O2. The summed E-state index contributed by atoms with van der Waals surface area (Å²) in [5.74, 6) is 4.74. The molecule has 0 aromatic heterocycles. The molecule has 0 bridgehead atoms. The van der Waals surface area contributed by atoms with Crippen LogP contribution >= 0.6 is 0 Å². The Morgan fingerprint density at radius 3 is 1.83 bits per heavy atom. The smallest absolute Gasteiger partial charge is 0.127 e. The molecule has 0 unspecified atom stereocenters. The highest BCUT2D eigenvalue weighted by Gasteiger charge is 2.34. The van der Waals surface area contributed by atoms with Crippen molar-refractivity contribution in [3.8, 4) is 11.5 Å². The molecule has 0 saturated carbocycles. The van der Waals surface area contributed by atoms with E-state index in [-0.39, 0.29) is 5.60 Å². The summed E-state index contributed by atoms with van der Waals surface area (Å²) in [6, 6.07) is 0. The second-order valence-electron chi connectivity index (χ2n) is 12.3. The summed E-state index contributed by atoms with van der Waals surface area (Å²) in [7, 11) is 1.78. The second-order valence-corrected chi connectivity index (χ2v) is 12.3. The predicted octanol–water partition coefficient (Wildman–Crippen LogP) is 10.6. The zero-order valence-electron chi connectivity index (χ0n) is 25.5. The third kappa shape index (κ3) is 10.4. The molecule has 1 aliphatic rings. The maximum Gasteiger partial charge on any atom is 0.127 e. The van der Waals surface area contributed by atoms with Crippen molar-refractivity contribution in [3.05, 3.63) is 22.3 Å². The minimum absolute atomic E-state index is 0.0319. The van der Waals surface area contributed by atoms with Gasteiger partial charge in [-0.05, 0) is 87.8 Å². The van der Waals surface area contributed by atoms with E-state index in [0.717, 1.165) is 48.5 Å². The van der Waals surface area contributed by atoms with Gasteiger partial charge in [0.1, 0.15) is 17.1 Å². The maximum absolute atomic E-state index is 6.70. The maximum atomic E-state index is 6.70. The molecule has 0 aliphatic carbocycles.